The van der Waals surface area contributed by atoms with Crippen molar-refractivity contribution in [3.63, 3.8) is 0 Å². The zero-order valence-corrected chi connectivity index (χ0v) is 12.1. The molecule has 2 aromatic rings. The second-order valence-electron chi connectivity index (χ2n) is 4.45. The molecule has 0 saturated carbocycles. The van der Waals surface area contributed by atoms with Gasteiger partial charge in [-0.25, -0.2) is 4.98 Å². The van der Waals surface area contributed by atoms with Gasteiger partial charge in [-0.2, -0.15) is 0 Å². The summed E-state index contributed by atoms with van der Waals surface area (Å²) >= 11 is 3.59. The number of nitrogens with two attached hydrogens (primary N) is 1. The van der Waals surface area contributed by atoms with Gasteiger partial charge < -0.3 is 10.3 Å². The molecule has 0 bridgehead atoms. The van der Waals surface area contributed by atoms with Gasteiger partial charge in [-0.1, -0.05) is 34.1 Å². The van der Waals surface area contributed by atoms with Crippen LogP contribution in [0, 0.1) is 0 Å². The molecule has 0 amide bonds. The Kier molecular flexibility index (Phi) is 4.55. The molecule has 0 saturated heterocycles. The average molecular weight is 308 g/mol. The maximum absolute atomic E-state index is 5.90. The molecule has 1 unspecified atom stereocenters. The van der Waals surface area contributed by atoms with Gasteiger partial charge in [-0.05, 0) is 30.5 Å². The molecule has 18 heavy (non-hydrogen) atoms. The summed E-state index contributed by atoms with van der Waals surface area (Å²) in [5, 5.41) is 0. The smallest absolute Gasteiger partial charge is 0.108 e. The SMILES string of the molecule is Cn1ccnc1CCC(CN)c1ccccc1Br. The van der Waals surface area contributed by atoms with Crippen LogP contribution in [-0.4, -0.2) is 16.1 Å². The van der Waals surface area contributed by atoms with E-state index in [2.05, 4.69) is 43.7 Å². The topological polar surface area (TPSA) is 43.8 Å². The molecular formula is C14H18BrN3. The highest BCUT2D eigenvalue weighted by Gasteiger charge is 2.13. The first-order valence-electron chi connectivity index (χ1n) is 6.13. The van der Waals surface area contributed by atoms with Gasteiger partial charge in [-0.3, -0.25) is 0 Å². The lowest BCUT2D eigenvalue weighted by Gasteiger charge is -2.16. The molecule has 1 heterocycles. The molecule has 3 nitrogen and oxygen atoms in total. The number of imidazole rings is 1. The van der Waals surface area contributed by atoms with E-state index in [1.54, 1.807) is 0 Å². The lowest BCUT2D eigenvalue weighted by molar-refractivity contribution is 0.606. The minimum Gasteiger partial charge on any atom is -0.338 e. The molecule has 96 valence electrons. The first kappa shape index (κ1) is 13.3. The van der Waals surface area contributed by atoms with Crippen LogP contribution in [0.5, 0.6) is 0 Å². The maximum Gasteiger partial charge on any atom is 0.108 e. The fourth-order valence-corrected chi connectivity index (χ4v) is 2.76. The summed E-state index contributed by atoms with van der Waals surface area (Å²) in [4.78, 5) is 4.35. The van der Waals surface area contributed by atoms with Crippen molar-refractivity contribution in [1.29, 1.82) is 0 Å². The van der Waals surface area contributed by atoms with Gasteiger partial charge in [0.1, 0.15) is 5.82 Å². The number of aromatic nitrogens is 2. The molecule has 2 N–H and O–H groups in total. The second kappa shape index (κ2) is 6.16. The van der Waals surface area contributed by atoms with E-state index in [1.165, 1.54) is 5.56 Å². The average Bonchev–Trinajstić information content (AvgIpc) is 2.78. The van der Waals surface area contributed by atoms with E-state index in [9.17, 15) is 0 Å². The van der Waals surface area contributed by atoms with Gasteiger partial charge >= 0.3 is 0 Å². The van der Waals surface area contributed by atoms with Gasteiger partial charge in [-0.15, -0.1) is 0 Å². The molecule has 4 heteroatoms. The van der Waals surface area contributed by atoms with Gasteiger partial charge in [0, 0.05) is 30.3 Å². The van der Waals surface area contributed by atoms with Crippen LogP contribution in [0.4, 0.5) is 0 Å². The van der Waals surface area contributed by atoms with Crippen molar-refractivity contribution in [1.82, 2.24) is 9.55 Å². The van der Waals surface area contributed by atoms with E-state index in [4.69, 9.17) is 5.73 Å². The lowest BCUT2D eigenvalue weighted by Crippen LogP contribution is -2.14. The van der Waals surface area contributed by atoms with E-state index in [-0.39, 0.29) is 0 Å². The molecule has 0 spiro atoms. The quantitative estimate of drug-likeness (QED) is 0.923. The fourth-order valence-electron chi connectivity index (χ4n) is 2.15. The molecule has 0 fully saturated rings. The highest BCUT2D eigenvalue weighted by Crippen LogP contribution is 2.27. The van der Waals surface area contributed by atoms with Crippen LogP contribution in [0.2, 0.25) is 0 Å². The Hall–Kier alpha value is -1.13. The molecule has 0 radical (unpaired) electrons. The summed E-state index contributed by atoms with van der Waals surface area (Å²) in [6.07, 6.45) is 5.78. The van der Waals surface area contributed by atoms with E-state index in [0.717, 1.165) is 23.1 Å². The Labute approximate surface area is 116 Å². The maximum atomic E-state index is 5.90. The van der Waals surface area contributed by atoms with Crippen molar-refractivity contribution in [3.8, 4) is 0 Å². The number of aryl methyl sites for hydroxylation is 2. The minimum atomic E-state index is 0.372. The van der Waals surface area contributed by atoms with E-state index < -0.39 is 0 Å². The monoisotopic (exact) mass is 307 g/mol. The predicted molar refractivity (Wildman–Crippen MR) is 77.5 cm³/mol. The van der Waals surface area contributed by atoms with Crippen LogP contribution >= 0.6 is 15.9 Å². The Morgan fingerprint density at radius 2 is 2.17 bits per heavy atom. The van der Waals surface area contributed by atoms with Crippen molar-refractivity contribution in [2.24, 2.45) is 12.8 Å². The molecule has 1 aromatic heterocycles. The van der Waals surface area contributed by atoms with Crippen LogP contribution in [-0.2, 0) is 13.5 Å². The number of benzene rings is 1. The van der Waals surface area contributed by atoms with Crippen molar-refractivity contribution in [2.75, 3.05) is 6.54 Å². The standard InChI is InChI=1S/C14H18BrN3/c1-18-9-8-17-14(18)7-6-11(10-16)12-4-2-3-5-13(12)15/h2-5,8-9,11H,6-7,10,16H2,1H3. The predicted octanol–water partition coefficient (Wildman–Crippen LogP) is 2.86. The number of nitrogens with zero attached hydrogens (tertiary/aromatic N) is 2. The summed E-state index contributed by atoms with van der Waals surface area (Å²) in [6.45, 7) is 0.660. The van der Waals surface area contributed by atoms with E-state index >= 15 is 0 Å². The molecule has 2 rings (SSSR count). The number of hydrogen-bond acceptors (Lipinski definition) is 2. The highest BCUT2D eigenvalue weighted by molar-refractivity contribution is 9.10. The zero-order valence-electron chi connectivity index (χ0n) is 10.5. The lowest BCUT2D eigenvalue weighted by atomic mass is 9.94. The number of rotatable bonds is 5. The molecule has 1 atom stereocenters. The van der Waals surface area contributed by atoms with Crippen molar-refractivity contribution < 1.29 is 0 Å². The van der Waals surface area contributed by atoms with Crippen molar-refractivity contribution in [2.45, 2.75) is 18.8 Å². The molecule has 0 aliphatic heterocycles. The summed E-state index contributed by atoms with van der Waals surface area (Å²) in [5.41, 5.74) is 7.19. The third kappa shape index (κ3) is 3.00. The van der Waals surface area contributed by atoms with Crippen LogP contribution in [0.15, 0.2) is 41.1 Å². The third-order valence-corrected chi connectivity index (χ3v) is 3.99. The first-order chi connectivity index (χ1) is 8.72. The van der Waals surface area contributed by atoms with Gasteiger partial charge in [0.2, 0.25) is 0 Å². The van der Waals surface area contributed by atoms with Crippen molar-refractivity contribution >= 4 is 15.9 Å². The van der Waals surface area contributed by atoms with Crippen LogP contribution in [0.3, 0.4) is 0 Å². The Bertz CT molecular complexity index is 507. The molecule has 1 aromatic carbocycles. The summed E-state index contributed by atoms with van der Waals surface area (Å²) in [7, 11) is 2.03. The summed E-state index contributed by atoms with van der Waals surface area (Å²) < 4.78 is 3.20. The van der Waals surface area contributed by atoms with Crippen LogP contribution in [0.1, 0.15) is 23.7 Å². The van der Waals surface area contributed by atoms with Crippen molar-refractivity contribution in [3.05, 3.63) is 52.5 Å². The second-order valence-corrected chi connectivity index (χ2v) is 5.30. The Morgan fingerprint density at radius 3 is 2.78 bits per heavy atom. The van der Waals surface area contributed by atoms with Crippen LogP contribution in [0.25, 0.3) is 0 Å². The van der Waals surface area contributed by atoms with Gasteiger partial charge in [0.25, 0.3) is 0 Å². The van der Waals surface area contributed by atoms with E-state index in [1.807, 2.05) is 25.5 Å². The van der Waals surface area contributed by atoms with Gasteiger partial charge in [0.15, 0.2) is 0 Å². The number of hydrogen-bond donors (Lipinski definition) is 1. The first-order valence-corrected chi connectivity index (χ1v) is 6.92. The highest BCUT2D eigenvalue weighted by atomic mass is 79.9. The zero-order chi connectivity index (χ0) is 13.0. The van der Waals surface area contributed by atoms with Gasteiger partial charge in [0.05, 0.1) is 0 Å². The van der Waals surface area contributed by atoms with Crippen LogP contribution < -0.4 is 5.73 Å². The Morgan fingerprint density at radius 1 is 1.39 bits per heavy atom. The third-order valence-electron chi connectivity index (χ3n) is 3.27. The van der Waals surface area contributed by atoms with E-state index in [0.29, 0.717) is 12.5 Å². The summed E-state index contributed by atoms with van der Waals surface area (Å²) in [5.74, 6) is 1.48. The minimum absolute atomic E-state index is 0.372. The largest absolute Gasteiger partial charge is 0.338 e. The normalized spacial score (nSPS) is 12.6. The molecular weight excluding hydrogens is 290 g/mol. The number of halogens is 1. The Balaban J connectivity index is 2.07. The summed E-state index contributed by atoms with van der Waals surface area (Å²) in [6, 6.07) is 8.29. The molecule has 0 aliphatic rings. The fraction of sp³-hybridized carbons (Fsp3) is 0.357. The molecule has 0 aliphatic carbocycles.